The number of fused-ring (bicyclic) bond motifs is 1. The zero-order valence-electron chi connectivity index (χ0n) is 14.7. The molecule has 1 aliphatic rings. The molecule has 0 saturated heterocycles. The number of hydrogen-bond acceptors (Lipinski definition) is 3. The summed E-state index contributed by atoms with van der Waals surface area (Å²) in [5.41, 5.74) is 5.11. The molecule has 0 atom stereocenters. The van der Waals surface area contributed by atoms with Gasteiger partial charge in [-0.3, -0.25) is 4.98 Å². The molecule has 1 aliphatic carbocycles. The Kier molecular flexibility index (Phi) is 4.81. The van der Waals surface area contributed by atoms with Crippen molar-refractivity contribution in [2.45, 2.75) is 38.4 Å². The number of ether oxygens (including phenoxy) is 1. The smallest absolute Gasteiger partial charge is 0.0489 e. The van der Waals surface area contributed by atoms with Crippen molar-refractivity contribution in [2.75, 3.05) is 13.7 Å². The minimum Gasteiger partial charge on any atom is -0.385 e. The third-order valence-corrected chi connectivity index (χ3v) is 4.86. The lowest BCUT2D eigenvalue weighted by Gasteiger charge is -2.08. The maximum atomic E-state index is 5.23. The molecule has 2 heterocycles. The van der Waals surface area contributed by atoms with Crippen LogP contribution >= 0.6 is 0 Å². The zero-order valence-corrected chi connectivity index (χ0v) is 14.7. The van der Waals surface area contributed by atoms with Crippen LogP contribution < -0.4 is 5.32 Å². The number of nitrogens with one attached hydrogen (secondary N) is 1. The van der Waals surface area contributed by atoms with Gasteiger partial charge in [0.25, 0.3) is 0 Å². The highest BCUT2D eigenvalue weighted by atomic mass is 16.5. The van der Waals surface area contributed by atoms with Crippen LogP contribution in [-0.2, 0) is 17.8 Å². The Balaban J connectivity index is 1.76. The van der Waals surface area contributed by atoms with Gasteiger partial charge in [-0.15, -0.1) is 0 Å². The van der Waals surface area contributed by atoms with E-state index in [9.17, 15) is 0 Å². The lowest BCUT2D eigenvalue weighted by atomic mass is 10.0. The largest absolute Gasteiger partial charge is 0.385 e. The molecule has 3 aromatic rings. The van der Waals surface area contributed by atoms with Crippen LogP contribution in [0.1, 0.15) is 24.8 Å². The highest BCUT2D eigenvalue weighted by molar-refractivity contribution is 5.98. The van der Waals surface area contributed by atoms with Crippen molar-refractivity contribution in [1.29, 1.82) is 0 Å². The van der Waals surface area contributed by atoms with Crippen molar-refractivity contribution in [1.82, 2.24) is 14.9 Å². The minimum atomic E-state index is 0.706. The van der Waals surface area contributed by atoms with Gasteiger partial charge in [0.2, 0.25) is 0 Å². The number of rotatable bonds is 8. The summed E-state index contributed by atoms with van der Waals surface area (Å²) in [7, 11) is 1.76. The summed E-state index contributed by atoms with van der Waals surface area (Å²) in [6.07, 6.45) is 9.73. The summed E-state index contributed by atoms with van der Waals surface area (Å²) in [5.74, 6) is 0. The summed E-state index contributed by atoms with van der Waals surface area (Å²) in [4.78, 5) is 4.31. The molecule has 130 valence electrons. The summed E-state index contributed by atoms with van der Waals surface area (Å²) >= 11 is 0. The molecule has 0 bridgehead atoms. The van der Waals surface area contributed by atoms with Crippen molar-refractivity contribution in [3.63, 3.8) is 0 Å². The number of pyridine rings is 1. The summed E-state index contributed by atoms with van der Waals surface area (Å²) in [6, 6.07) is 11.4. The molecular weight excluding hydrogens is 310 g/mol. The van der Waals surface area contributed by atoms with Gasteiger partial charge in [0, 0.05) is 67.9 Å². The fourth-order valence-corrected chi connectivity index (χ4v) is 3.44. The van der Waals surface area contributed by atoms with E-state index in [0.717, 1.165) is 26.1 Å². The van der Waals surface area contributed by atoms with E-state index in [2.05, 4.69) is 45.3 Å². The van der Waals surface area contributed by atoms with Gasteiger partial charge in [0.05, 0.1) is 0 Å². The second-order valence-electron chi connectivity index (χ2n) is 6.79. The predicted octanol–water partition coefficient (Wildman–Crippen LogP) is 3.99. The van der Waals surface area contributed by atoms with Crippen molar-refractivity contribution in [2.24, 2.45) is 0 Å². The molecule has 0 radical (unpaired) electrons. The van der Waals surface area contributed by atoms with Crippen molar-refractivity contribution < 1.29 is 4.74 Å². The molecule has 1 N–H and O–H groups in total. The van der Waals surface area contributed by atoms with E-state index in [-0.39, 0.29) is 0 Å². The topological polar surface area (TPSA) is 39.1 Å². The van der Waals surface area contributed by atoms with E-state index in [1.165, 1.54) is 40.4 Å². The molecular formula is C21H25N3O. The second-order valence-corrected chi connectivity index (χ2v) is 6.79. The molecule has 1 aromatic carbocycles. The van der Waals surface area contributed by atoms with E-state index in [4.69, 9.17) is 4.74 Å². The maximum absolute atomic E-state index is 5.23. The first-order chi connectivity index (χ1) is 12.4. The molecule has 0 unspecified atom stereocenters. The molecule has 1 saturated carbocycles. The molecule has 0 amide bonds. The fourth-order valence-electron chi connectivity index (χ4n) is 3.44. The zero-order chi connectivity index (χ0) is 17.1. The molecule has 4 heteroatoms. The van der Waals surface area contributed by atoms with Gasteiger partial charge >= 0.3 is 0 Å². The summed E-state index contributed by atoms with van der Waals surface area (Å²) in [5, 5.41) is 5.02. The first-order valence-corrected chi connectivity index (χ1v) is 9.10. The van der Waals surface area contributed by atoms with Crippen LogP contribution in [0, 0.1) is 0 Å². The van der Waals surface area contributed by atoms with E-state index in [1.807, 2.05) is 18.5 Å². The lowest BCUT2D eigenvalue weighted by Crippen LogP contribution is -2.15. The number of methoxy groups -OCH3 is 1. The highest BCUT2D eigenvalue weighted by Gasteiger charge is 2.21. The number of aromatic nitrogens is 2. The van der Waals surface area contributed by atoms with Crippen LogP contribution in [-0.4, -0.2) is 29.3 Å². The number of benzene rings is 1. The van der Waals surface area contributed by atoms with E-state index < -0.39 is 0 Å². The Labute approximate surface area is 148 Å². The molecule has 2 aromatic heterocycles. The summed E-state index contributed by atoms with van der Waals surface area (Å²) < 4.78 is 7.60. The second kappa shape index (κ2) is 7.38. The number of hydrogen-bond donors (Lipinski definition) is 1. The predicted molar refractivity (Wildman–Crippen MR) is 102 cm³/mol. The standard InChI is InChI=1S/C21H25N3O/c1-25-12-4-11-24-15-17(14-23-18-8-9-18)21-19(6-2-7-20(21)24)16-5-3-10-22-13-16/h2-3,5-7,10,13,15,18,23H,4,8-9,11-12,14H2,1H3. The van der Waals surface area contributed by atoms with Gasteiger partial charge in [0.1, 0.15) is 0 Å². The molecule has 0 aliphatic heterocycles. The SMILES string of the molecule is COCCCn1cc(CNC2CC2)c2c(-c3cccnc3)cccc21. The van der Waals surface area contributed by atoms with Gasteiger partial charge < -0.3 is 14.6 Å². The molecule has 4 nitrogen and oxygen atoms in total. The van der Waals surface area contributed by atoms with Gasteiger partial charge in [-0.25, -0.2) is 0 Å². The monoisotopic (exact) mass is 335 g/mol. The van der Waals surface area contributed by atoms with Gasteiger partial charge in [-0.2, -0.15) is 0 Å². The normalized spacial score (nSPS) is 14.3. The average molecular weight is 335 g/mol. The Bertz CT molecular complexity index is 837. The van der Waals surface area contributed by atoms with Crippen molar-refractivity contribution >= 4 is 10.9 Å². The van der Waals surface area contributed by atoms with E-state index >= 15 is 0 Å². The first-order valence-electron chi connectivity index (χ1n) is 9.10. The highest BCUT2D eigenvalue weighted by Crippen LogP contribution is 2.33. The van der Waals surface area contributed by atoms with Crippen LogP contribution in [0.25, 0.3) is 22.0 Å². The Hall–Kier alpha value is -2.17. The fraction of sp³-hybridized carbons (Fsp3) is 0.381. The Morgan fingerprint density at radius 1 is 1.24 bits per heavy atom. The third kappa shape index (κ3) is 3.60. The number of nitrogens with zero attached hydrogens (tertiary/aromatic N) is 2. The molecule has 4 rings (SSSR count). The molecule has 25 heavy (non-hydrogen) atoms. The Morgan fingerprint density at radius 3 is 2.92 bits per heavy atom. The van der Waals surface area contributed by atoms with E-state index in [0.29, 0.717) is 6.04 Å². The average Bonchev–Trinajstić information content (AvgIpc) is 3.42. The van der Waals surface area contributed by atoms with Crippen LogP contribution in [0.2, 0.25) is 0 Å². The van der Waals surface area contributed by atoms with Crippen molar-refractivity contribution in [3.8, 4) is 11.1 Å². The van der Waals surface area contributed by atoms with Crippen LogP contribution in [0.15, 0.2) is 48.9 Å². The molecule has 0 spiro atoms. The van der Waals surface area contributed by atoms with Gasteiger partial charge in [-0.1, -0.05) is 18.2 Å². The lowest BCUT2D eigenvalue weighted by molar-refractivity contribution is 0.190. The van der Waals surface area contributed by atoms with Crippen molar-refractivity contribution in [3.05, 3.63) is 54.5 Å². The molecule has 1 fully saturated rings. The first kappa shape index (κ1) is 16.3. The van der Waals surface area contributed by atoms with Crippen LogP contribution in [0.5, 0.6) is 0 Å². The van der Waals surface area contributed by atoms with Gasteiger partial charge in [-0.05, 0) is 42.5 Å². The quantitative estimate of drug-likeness (QED) is 0.633. The van der Waals surface area contributed by atoms with Gasteiger partial charge in [0.15, 0.2) is 0 Å². The third-order valence-electron chi connectivity index (χ3n) is 4.86. The Morgan fingerprint density at radius 2 is 2.16 bits per heavy atom. The van der Waals surface area contributed by atoms with E-state index in [1.54, 1.807) is 7.11 Å². The van der Waals surface area contributed by atoms with Crippen LogP contribution in [0.3, 0.4) is 0 Å². The number of aryl methyl sites for hydroxylation is 1. The van der Waals surface area contributed by atoms with Crippen LogP contribution in [0.4, 0.5) is 0 Å². The minimum absolute atomic E-state index is 0.706. The maximum Gasteiger partial charge on any atom is 0.0489 e. The summed E-state index contributed by atoms with van der Waals surface area (Å²) in [6.45, 7) is 2.69.